The largest absolute Gasteiger partial charge is 0.366 e. The number of hydrogen-bond donors (Lipinski definition) is 1. The van der Waals surface area contributed by atoms with Gasteiger partial charge in [-0.3, -0.25) is 0 Å². The Morgan fingerprint density at radius 1 is 1.36 bits per heavy atom. The first kappa shape index (κ1) is 11.2. The van der Waals surface area contributed by atoms with E-state index in [2.05, 4.69) is 39.9 Å². The van der Waals surface area contributed by atoms with Crippen LogP contribution in [0.5, 0.6) is 0 Å². The van der Waals surface area contributed by atoms with Crippen molar-refractivity contribution in [3.8, 4) is 0 Å². The average Bonchev–Trinajstić information content (AvgIpc) is 1.53. The van der Waals surface area contributed by atoms with Crippen LogP contribution in [0.25, 0.3) is 0 Å². The molecule has 11 heavy (non-hydrogen) atoms. The van der Waals surface area contributed by atoms with E-state index in [1.165, 1.54) is 0 Å². The fourth-order valence-corrected chi connectivity index (χ4v) is 2.23. The molecule has 0 saturated carbocycles. The van der Waals surface area contributed by atoms with Crippen molar-refractivity contribution in [3.63, 3.8) is 0 Å². The number of nitrogens with one attached hydrogen (secondary N) is 1. The molecule has 0 aromatic rings. The normalized spacial score (nSPS) is 11.8. The summed E-state index contributed by atoms with van der Waals surface area (Å²) in [5, 5.41) is 3.81. The van der Waals surface area contributed by atoms with Crippen LogP contribution < -0.4 is 5.32 Å². The van der Waals surface area contributed by atoms with Gasteiger partial charge in [0.15, 0.2) is 0 Å². The van der Waals surface area contributed by atoms with Crippen LogP contribution in [0.4, 0.5) is 0 Å². The maximum Gasteiger partial charge on any atom is 0.134 e. The molecule has 0 amide bonds. The number of thioether (sulfide) groups is 1. The van der Waals surface area contributed by atoms with Gasteiger partial charge in [-0.15, -0.1) is 0 Å². The molecule has 3 heteroatoms. The Labute approximate surface area is 79.3 Å². The molecular formula is C8H17NS2. The molecule has 0 fully saturated rings. The summed E-state index contributed by atoms with van der Waals surface area (Å²) in [6.07, 6.45) is 0. The smallest absolute Gasteiger partial charge is 0.134 e. The SMILES string of the molecule is CC(C)SC(=S)NC(C)(C)C. The molecule has 0 aromatic heterocycles. The molecule has 0 rings (SSSR count). The molecule has 66 valence electrons. The van der Waals surface area contributed by atoms with Crippen LogP contribution in [0.2, 0.25) is 0 Å². The molecule has 0 aliphatic rings. The molecule has 0 saturated heterocycles. The molecule has 0 aliphatic carbocycles. The lowest BCUT2D eigenvalue weighted by Gasteiger charge is -2.22. The lowest BCUT2D eigenvalue weighted by atomic mass is 10.1. The van der Waals surface area contributed by atoms with Crippen molar-refractivity contribution >= 4 is 28.3 Å². The lowest BCUT2D eigenvalue weighted by Crippen LogP contribution is -2.38. The van der Waals surface area contributed by atoms with Crippen molar-refractivity contribution in [1.29, 1.82) is 0 Å². The lowest BCUT2D eigenvalue weighted by molar-refractivity contribution is 0.518. The van der Waals surface area contributed by atoms with E-state index < -0.39 is 0 Å². The van der Waals surface area contributed by atoms with Crippen molar-refractivity contribution < 1.29 is 0 Å². The Morgan fingerprint density at radius 3 is 2.09 bits per heavy atom. The molecular weight excluding hydrogens is 174 g/mol. The summed E-state index contributed by atoms with van der Waals surface area (Å²) in [7, 11) is 0. The van der Waals surface area contributed by atoms with E-state index in [0.29, 0.717) is 5.25 Å². The van der Waals surface area contributed by atoms with Crippen molar-refractivity contribution in [2.75, 3.05) is 0 Å². The molecule has 0 unspecified atom stereocenters. The molecule has 1 N–H and O–H groups in total. The van der Waals surface area contributed by atoms with Crippen molar-refractivity contribution in [2.24, 2.45) is 0 Å². The highest BCUT2D eigenvalue weighted by Gasteiger charge is 2.11. The zero-order valence-corrected chi connectivity index (χ0v) is 9.53. The molecule has 0 aromatic carbocycles. The first-order valence-electron chi connectivity index (χ1n) is 3.80. The van der Waals surface area contributed by atoms with Gasteiger partial charge in [0.25, 0.3) is 0 Å². The summed E-state index contributed by atoms with van der Waals surface area (Å²) in [5.41, 5.74) is 0.0962. The minimum absolute atomic E-state index is 0.0962. The van der Waals surface area contributed by atoms with E-state index >= 15 is 0 Å². The van der Waals surface area contributed by atoms with E-state index in [-0.39, 0.29) is 5.54 Å². The van der Waals surface area contributed by atoms with E-state index in [1.54, 1.807) is 11.8 Å². The van der Waals surface area contributed by atoms with Crippen molar-refractivity contribution in [2.45, 2.75) is 45.4 Å². The van der Waals surface area contributed by atoms with Gasteiger partial charge < -0.3 is 5.32 Å². The maximum atomic E-state index is 5.13. The van der Waals surface area contributed by atoms with Gasteiger partial charge in [0, 0.05) is 10.8 Å². The van der Waals surface area contributed by atoms with Crippen molar-refractivity contribution in [3.05, 3.63) is 0 Å². The van der Waals surface area contributed by atoms with Crippen LogP contribution in [0, 0.1) is 0 Å². The van der Waals surface area contributed by atoms with Crippen LogP contribution in [-0.2, 0) is 0 Å². The number of thiocarbonyl (C=S) groups is 1. The number of hydrogen-bond acceptors (Lipinski definition) is 2. The van der Waals surface area contributed by atoms with E-state index in [9.17, 15) is 0 Å². The second-order valence-corrected chi connectivity index (χ2v) is 6.08. The third-order valence-electron chi connectivity index (χ3n) is 0.820. The topological polar surface area (TPSA) is 12.0 Å². The Kier molecular flexibility index (Phi) is 4.41. The van der Waals surface area contributed by atoms with E-state index in [1.807, 2.05) is 0 Å². The van der Waals surface area contributed by atoms with E-state index in [0.717, 1.165) is 4.32 Å². The molecule has 0 bridgehead atoms. The fraction of sp³-hybridized carbons (Fsp3) is 0.875. The molecule has 1 nitrogen and oxygen atoms in total. The summed E-state index contributed by atoms with van der Waals surface area (Å²) in [6, 6.07) is 0. The van der Waals surface area contributed by atoms with Crippen LogP contribution >= 0.6 is 24.0 Å². The van der Waals surface area contributed by atoms with Gasteiger partial charge in [0.2, 0.25) is 0 Å². The van der Waals surface area contributed by atoms with Crippen molar-refractivity contribution in [1.82, 2.24) is 5.32 Å². The summed E-state index contributed by atoms with van der Waals surface area (Å²) in [5.74, 6) is 0. The monoisotopic (exact) mass is 191 g/mol. The van der Waals surface area contributed by atoms with Gasteiger partial charge in [-0.1, -0.05) is 37.8 Å². The van der Waals surface area contributed by atoms with Crippen LogP contribution in [0.15, 0.2) is 0 Å². The molecule has 0 aliphatic heterocycles. The highest BCUT2D eigenvalue weighted by molar-refractivity contribution is 8.23. The third-order valence-corrected chi connectivity index (χ3v) is 2.00. The molecule has 0 atom stereocenters. The predicted molar refractivity (Wildman–Crippen MR) is 58.2 cm³/mol. The Bertz CT molecular complexity index is 136. The summed E-state index contributed by atoms with van der Waals surface area (Å²) in [4.78, 5) is 0. The molecule has 0 heterocycles. The van der Waals surface area contributed by atoms with Gasteiger partial charge in [0.1, 0.15) is 4.32 Å². The van der Waals surface area contributed by atoms with Gasteiger partial charge in [-0.2, -0.15) is 0 Å². The van der Waals surface area contributed by atoms with Crippen LogP contribution in [0.1, 0.15) is 34.6 Å². The quantitative estimate of drug-likeness (QED) is 0.640. The van der Waals surface area contributed by atoms with Gasteiger partial charge in [-0.25, -0.2) is 0 Å². The zero-order chi connectivity index (χ0) is 9.07. The van der Waals surface area contributed by atoms with Gasteiger partial charge in [-0.05, 0) is 20.8 Å². The highest BCUT2D eigenvalue weighted by Crippen LogP contribution is 2.12. The predicted octanol–water partition coefficient (Wildman–Crippen LogP) is 2.80. The van der Waals surface area contributed by atoms with Crippen LogP contribution in [0.3, 0.4) is 0 Å². The average molecular weight is 191 g/mol. The fourth-order valence-electron chi connectivity index (χ4n) is 0.550. The number of rotatable bonds is 1. The summed E-state index contributed by atoms with van der Waals surface area (Å²) < 4.78 is 0.896. The standard InChI is InChI=1S/C8H17NS2/c1-6(2)11-7(10)9-8(3,4)5/h6H,1-5H3,(H,9,10). The maximum absolute atomic E-state index is 5.13. The first-order valence-corrected chi connectivity index (χ1v) is 5.09. The minimum atomic E-state index is 0.0962. The Hall–Kier alpha value is 0.240. The third kappa shape index (κ3) is 8.14. The first-order chi connectivity index (χ1) is 4.81. The zero-order valence-electron chi connectivity index (χ0n) is 7.89. The van der Waals surface area contributed by atoms with E-state index in [4.69, 9.17) is 12.2 Å². The summed E-state index contributed by atoms with van der Waals surface area (Å²) >= 11 is 6.83. The molecule has 0 spiro atoms. The second-order valence-electron chi connectivity index (χ2n) is 3.83. The Morgan fingerprint density at radius 2 is 1.82 bits per heavy atom. The minimum Gasteiger partial charge on any atom is -0.366 e. The Balaban J connectivity index is 3.71. The molecule has 0 radical (unpaired) electrons. The van der Waals surface area contributed by atoms with Crippen LogP contribution in [-0.4, -0.2) is 15.1 Å². The van der Waals surface area contributed by atoms with Gasteiger partial charge in [0.05, 0.1) is 0 Å². The highest BCUT2D eigenvalue weighted by atomic mass is 32.2. The summed E-state index contributed by atoms with van der Waals surface area (Å²) in [6.45, 7) is 10.6. The second kappa shape index (κ2) is 4.31. The van der Waals surface area contributed by atoms with Gasteiger partial charge >= 0.3 is 0 Å².